The van der Waals surface area contributed by atoms with Crippen molar-refractivity contribution in [3.05, 3.63) is 0 Å². The van der Waals surface area contributed by atoms with E-state index in [1.165, 1.54) is 45.3 Å². The Kier molecular flexibility index (Phi) is 7.67. The second kappa shape index (κ2) is 9.51. The van der Waals surface area contributed by atoms with Crippen molar-refractivity contribution in [3.63, 3.8) is 0 Å². The predicted octanol–water partition coefficient (Wildman–Crippen LogP) is 2.25. The monoisotopic (exact) mass is 309 g/mol. The van der Waals surface area contributed by atoms with Gasteiger partial charge in [0.1, 0.15) is 0 Å². The molecule has 2 fully saturated rings. The Bertz CT molecular complexity index is 320. The van der Waals surface area contributed by atoms with Crippen molar-refractivity contribution in [1.82, 2.24) is 15.5 Å². The summed E-state index contributed by atoms with van der Waals surface area (Å²) in [5.41, 5.74) is 0. The van der Waals surface area contributed by atoms with Gasteiger partial charge in [-0.15, -0.1) is 0 Å². The summed E-state index contributed by atoms with van der Waals surface area (Å²) in [6, 6.07) is 0. The summed E-state index contributed by atoms with van der Waals surface area (Å²) < 4.78 is 0. The Balaban J connectivity index is 1.55. The van der Waals surface area contributed by atoms with Gasteiger partial charge in [-0.25, -0.2) is 0 Å². The number of amides is 1. The van der Waals surface area contributed by atoms with Crippen LogP contribution in [0.25, 0.3) is 0 Å². The number of nitrogens with one attached hydrogen (secondary N) is 2. The van der Waals surface area contributed by atoms with E-state index in [1.54, 1.807) is 0 Å². The first-order valence-corrected chi connectivity index (χ1v) is 9.38. The number of piperidine rings is 2. The van der Waals surface area contributed by atoms with Gasteiger partial charge in [0.15, 0.2) is 0 Å². The number of likely N-dealkylation sites (tertiary alicyclic amines) is 1. The lowest BCUT2D eigenvalue weighted by molar-refractivity contribution is -0.122. The molecule has 2 atom stereocenters. The highest BCUT2D eigenvalue weighted by molar-refractivity contribution is 5.76. The smallest absolute Gasteiger partial charge is 0.220 e. The summed E-state index contributed by atoms with van der Waals surface area (Å²) in [7, 11) is 0. The van der Waals surface area contributed by atoms with E-state index in [4.69, 9.17) is 0 Å². The summed E-state index contributed by atoms with van der Waals surface area (Å²) in [4.78, 5) is 14.6. The molecule has 0 bridgehead atoms. The average molecular weight is 309 g/mol. The lowest BCUT2D eigenvalue weighted by atomic mass is 9.85. The molecule has 128 valence electrons. The third-order valence-electron chi connectivity index (χ3n) is 5.68. The minimum Gasteiger partial charge on any atom is -0.356 e. The van der Waals surface area contributed by atoms with E-state index in [-0.39, 0.29) is 5.91 Å². The molecule has 2 aliphatic heterocycles. The maximum absolute atomic E-state index is 12.1. The highest BCUT2D eigenvalue weighted by Crippen LogP contribution is 2.22. The topological polar surface area (TPSA) is 44.4 Å². The first-order valence-electron chi connectivity index (χ1n) is 9.38. The normalized spacial score (nSPS) is 25.8. The zero-order chi connectivity index (χ0) is 15.8. The first-order chi connectivity index (χ1) is 10.7. The van der Waals surface area contributed by atoms with Crippen LogP contribution in [-0.2, 0) is 4.79 Å². The molecule has 2 rings (SSSR count). The van der Waals surface area contributed by atoms with Gasteiger partial charge in [-0.05, 0) is 82.6 Å². The highest BCUT2D eigenvalue weighted by Gasteiger charge is 2.22. The molecule has 22 heavy (non-hydrogen) atoms. The Morgan fingerprint density at radius 1 is 1.32 bits per heavy atom. The minimum atomic E-state index is 0.254. The molecule has 2 N–H and O–H groups in total. The first kappa shape index (κ1) is 17.7. The third kappa shape index (κ3) is 5.88. The van der Waals surface area contributed by atoms with Gasteiger partial charge in [0.2, 0.25) is 5.91 Å². The van der Waals surface area contributed by atoms with Crippen molar-refractivity contribution < 1.29 is 4.79 Å². The fourth-order valence-corrected chi connectivity index (χ4v) is 3.90. The fraction of sp³-hybridized carbons (Fsp3) is 0.944. The Morgan fingerprint density at radius 3 is 2.73 bits per heavy atom. The van der Waals surface area contributed by atoms with Gasteiger partial charge >= 0.3 is 0 Å². The molecule has 0 aromatic rings. The quantitative estimate of drug-likeness (QED) is 0.758. The Morgan fingerprint density at radius 2 is 2.09 bits per heavy atom. The van der Waals surface area contributed by atoms with Gasteiger partial charge in [0.25, 0.3) is 0 Å². The summed E-state index contributed by atoms with van der Waals surface area (Å²) in [5.74, 6) is 2.24. The molecule has 2 saturated heterocycles. The lowest BCUT2D eigenvalue weighted by Crippen LogP contribution is -2.37. The van der Waals surface area contributed by atoms with Crippen molar-refractivity contribution in [1.29, 1.82) is 0 Å². The summed E-state index contributed by atoms with van der Waals surface area (Å²) in [6.07, 6.45) is 6.98. The molecule has 2 aliphatic rings. The van der Waals surface area contributed by atoms with Crippen LogP contribution in [0.1, 0.15) is 52.4 Å². The molecule has 4 heteroatoms. The maximum atomic E-state index is 12.1. The van der Waals surface area contributed by atoms with Crippen molar-refractivity contribution in [2.24, 2.45) is 17.8 Å². The molecule has 2 unspecified atom stereocenters. The number of carbonyl (C=O) groups excluding carboxylic acids is 1. The van der Waals surface area contributed by atoms with Gasteiger partial charge in [-0.1, -0.05) is 13.8 Å². The maximum Gasteiger partial charge on any atom is 0.220 e. The number of carbonyl (C=O) groups is 1. The van der Waals surface area contributed by atoms with E-state index in [1.807, 2.05) is 0 Å². The summed E-state index contributed by atoms with van der Waals surface area (Å²) >= 11 is 0. The van der Waals surface area contributed by atoms with Crippen LogP contribution in [0.4, 0.5) is 0 Å². The molecule has 2 heterocycles. The van der Waals surface area contributed by atoms with Gasteiger partial charge < -0.3 is 15.5 Å². The molecule has 0 radical (unpaired) electrons. The fourth-order valence-electron chi connectivity index (χ4n) is 3.90. The second-order valence-corrected chi connectivity index (χ2v) is 7.30. The number of rotatable bonds is 7. The van der Waals surface area contributed by atoms with Crippen LogP contribution < -0.4 is 10.6 Å². The van der Waals surface area contributed by atoms with Gasteiger partial charge in [-0.3, -0.25) is 4.79 Å². The number of nitrogens with zero attached hydrogens (tertiary/aromatic N) is 1. The lowest BCUT2D eigenvalue weighted by Gasteiger charge is -2.31. The minimum absolute atomic E-state index is 0.254. The predicted molar refractivity (Wildman–Crippen MR) is 91.8 cm³/mol. The molecule has 0 spiro atoms. The van der Waals surface area contributed by atoms with E-state index < -0.39 is 0 Å². The molecular formula is C18H35N3O. The zero-order valence-electron chi connectivity index (χ0n) is 14.6. The van der Waals surface area contributed by atoms with Crippen molar-refractivity contribution in [2.75, 3.05) is 39.3 Å². The summed E-state index contributed by atoms with van der Waals surface area (Å²) in [6.45, 7) is 11.2. The molecule has 0 aromatic heterocycles. The van der Waals surface area contributed by atoms with Gasteiger partial charge in [0.05, 0.1) is 0 Å². The van der Waals surface area contributed by atoms with E-state index in [0.717, 1.165) is 32.0 Å². The largest absolute Gasteiger partial charge is 0.356 e. The van der Waals surface area contributed by atoms with Crippen molar-refractivity contribution >= 4 is 5.91 Å². The van der Waals surface area contributed by atoms with Crippen molar-refractivity contribution in [3.8, 4) is 0 Å². The van der Waals surface area contributed by atoms with Crippen molar-refractivity contribution in [2.45, 2.75) is 52.4 Å². The Labute approximate surface area is 136 Å². The standard InChI is InChI=1S/C18H35N3O/c1-3-21-11-7-16(8-12-21)6-10-20-18(22)13-15(2)17-5-4-9-19-14-17/h15-17,19H,3-14H2,1-2H3,(H,20,22). The van der Waals surface area contributed by atoms with Crippen LogP contribution in [0.5, 0.6) is 0 Å². The van der Waals surface area contributed by atoms with Crippen LogP contribution >= 0.6 is 0 Å². The SMILES string of the molecule is CCN1CCC(CCNC(=O)CC(C)C2CCCNC2)CC1. The molecular weight excluding hydrogens is 274 g/mol. The van der Waals surface area contributed by atoms with Crippen LogP contribution in [0.3, 0.4) is 0 Å². The number of hydrogen-bond donors (Lipinski definition) is 2. The molecule has 4 nitrogen and oxygen atoms in total. The second-order valence-electron chi connectivity index (χ2n) is 7.30. The summed E-state index contributed by atoms with van der Waals surface area (Å²) in [5, 5.41) is 6.60. The molecule has 0 aromatic carbocycles. The van der Waals surface area contributed by atoms with E-state index in [0.29, 0.717) is 18.3 Å². The molecule has 0 saturated carbocycles. The van der Waals surface area contributed by atoms with E-state index in [9.17, 15) is 4.79 Å². The molecule has 0 aliphatic carbocycles. The van der Waals surface area contributed by atoms with Crippen LogP contribution in [0.2, 0.25) is 0 Å². The van der Waals surface area contributed by atoms with Gasteiger partial charge in [0, 0.05) is 13.0 Å². The zero-order valence-corrected chi connectivity index (χ0v) is 14.6. The highest BCUT2D eigenvalue weighted by atomic mass is 16.1. The van der Waals surface area contributed by atoms with E-state index in [2.05, 4.69) is 29.4 Å². The Hall–Kier alpha value is -0.610. The molecule has 1 amide bonds. The number of hydrogen-bond acceptors (Lipinski definition) is 3. The van der Waals surface area contributed by atoms with Crippen LogP contribution in [-0.4, -0.2) is 50.1 Å². The van der Waals surface area contributed by atoms with Crippen LogP contribution in [0, 0.1) is 17.8 Å². The third-order valence-corrected chi connectivity index (χ3v) is 5.68. The average Bonchev–Trinajstić information content (AvgIpc) is 2.56. The van der Waals surface area contributed by atoms with Crippen LogP contribution in [0.15, 0.2) is 0 Å². The van der Waals surface area contributed by atoms with Gasteiger partial charge in [-0.2, -0.15) is 0 Å². The van der Waals surface area contributed by atoms with E-state index >= 15 is 0 Å².